The number of hydrogen-bond donors (Lipinski definition) is 1. The van der Waals surface area contributed by atoms with E-state index in [2.05, 4.69) is 19.2 Å². The normalized spacial score (nSPS) is 14.5. The molecule has 2 aromatic rings. The van der Waals surface area contributed by atoms with Crippen molar-refractivity contribution in [2.45, 2.75) is 38.5 Å². The minimum atomic E-state index is -0.137. The lowest BCUT2D eigenvalue weighted by Crippen LogP contribution is -2.32. The molecule has 0 radical (unpaired) electrons. The molecule has 0 atom stereocenters. The van der Waals surface area contributed by atoms with Crippen LogP contribution in [0.1, 0.15) is 48.2 Å². The summed E-state index contributed by atoms with van der Waals surface area (Å²) in [7, 11) is 0. The van der Waals surface area contributed by atoms with Gasteiger partial charge in [-0.25, -0.2) is 0 Å². The van der Waals surface area contributed by atoms with Gasteiger partial charge < -0.3 is 10.2 Å². The average molecular weight is 395 g/mol. The molecule has 1 aliphatic heterocycles. The van der Waals surface area contributed by atoms with Crippen LogP contribution < -0.4 is 5.32 Å². The van der Waals surface area contributed by atoms with Crippen molar-refractivity contribution in [3.63, 3.8) is 0 Å². The van der Waals surface area contributed by atoms with Crippen molar-refractivity contribution < 1.29 is 9.59 Å². The molecular formula is C23H26N2O2S. The highest BCUT2D eigenvalue weighted by atomic mass is 32.2. The van der Waals surface area contributed by atoms with E-state index in [1.54, 1.807) is 6.07 Å². The zero-order valence-corrected chi connectivity index (χ0v) is 17.4. The number of fused-ring (bicyclic) bond motifs is 1. The van der Waals surface area contributed by atoms with E-state index in [-0.39, 0.29) is 11.8 Å². The molecule has 4 nitrogen and oxygen atoms in total. The van der Waals surface area contributed by atoms with Crippen molar-refractivity contribution >= 4 is 35.3 Å². The number of benzene rings is 2. The van der Waals surface area contributed by atoms with Crippen LogP contribution in [0.3, 0.4) is 0 Å². The highest BCUT2D eigenvalue weighted by Gasteiger charge is 2.23. The monoisotopic (exact) mass is 394 g/mol. The Kier molecular flexibility index (Phi) is 6.57. The molecule has 28 heavy (non-hydrogen) atoms. The molecule has 1 heterocycles. The third kappa shape index (κ3) is 4.65. The average Bonchev–Trinajstić information content (AvgIpc) is 2.69. The van der Waals surface area contributed by atoms with Crippen LogP contribution in [-0.2, 0) is 4.79 Å². The lowest BCUT2D eigenvalue weighted by atomic mass is 10.1. The van der Waals surface area contributed by atoms with Gasteiger partial charge in [-0.15, -0.1) is 0 Å². The van der Waals surface area contributed by atoms with Crippen LogP contribution >= 0.6 is 11.8 Å². The fourth-order valence-corrected chi connectivity index (χ4v) is 4.08. The van der Waals surface area contributed by atoms with Crippen LogP contribution in [0, 0.1) is 6.92 Å². The second-order valence-electron chi connectivity index (χ2n) is 6.98. The van der Waals surface area contributed by atoms with Gasteiger partial charge in [0.05, 0.1) is 10.6 Å². The smallest absolute Gasteiger partial charge is 0.262 e. The van der Waals surface area contributed by atoms with E-state index in [4.69, 9.17) is 0 Å². The summed E-state index contributed by atoms with van der Waals surface area (Å²) in [5, 5.41) is 2.94. The Morgan fingerprint density at radius 3 is 2.39 bits per heavy atom. The van der Waals surface area contributed by atoms with Gasteiger partial charge >= 0.3 is 0 Å². The van der Waals surface area contributed by atoms with Crippen molar-refractivity contribution in [1.82, 2.24) is 4.90 Å². The van der Waals surface area contributed by atoms with Crippen molar-refractivity contribution in [2.24, 2.45) is 0 Å². The molecule has 0 saturated heterocycles. The first-order chi connectivity index (χ1) is 13.5. The predicted molar refractivity (Wildman–Crippen MR) is 117 cm³/mol. The number of carbonyl (C=O) groups excluding carboxylic acids is 2. The molecular weight excluding hydrogens is 368 g/mol. The number of nitrogens with zero attached hydrogens (tertiary/aromatic N) is 1. The van der Waals surface area contributed by atoms with Gasteiger partial charge in [0.15, 0.2) is 0 Å². The molecule has 0 bridgehead atoms. The Morgan fingerprint density at radius 1 is 1.07 bits per heavy atom. The first-order valence-electron chi connectivity index (χ1n) is 9.72. The maximum Gasteiger partial charge on any atom is 0.262 e. The lowest BCUT2D eigenvalue weighted by molar-refractivity contribution is -0.112. The summed E-state index contributed by atoms with van der Waals surface area (Å²) in [4.78, 5) is 28.8. The number of thioether (sulfide) groups is 1. The van der Waals surface area contributed by atoms with Gasteiger partial charge in [-0.2, -0.15) is 0 Å². The Bertz CT molecular complexity index is 897. The molecule has 1 N–H and O–H groups in total. The highest BCUT2D eigenvalue weighted by molar-refractivity contribution is 8.04. The third-order valence-electron chi connectivity index (χ3n) is 4.57. The van der Waals surface area contributed by atoms with Gasteiger partial charge in [0.25, 0.3) is 11.8 Å². The van der Waals surface area contributed by atoms with Crippen LogP contribution in [0.5, 0.6) is 0 Å². The van der Waals surface area contributed by atoms with Crippen molar-refractivity contribution in [2.75, 3.05) is 18.4 Å². The third-order valence-corrected chi connectivity index (χ3v) is 5.67. The summed E-state index contributed by atoms with van der Waals surface area (Å²) in [6.07, 6.45) is 3.75. The van der Waals surface area contributed by atoms with E-state index >= 15 is 0 Å². The van der Waals surface area contributed by atoms with Crippen LogP contribution in [0.2, 0.25) is 0 Å². The fraction of sp³-hybridized carbons (Fsp3) is 0.304. The zero-order valence-electron chi connectivity index (χ0n) is 16.6. The summed E-state index contributed by atoms with van der Waals surface area (Å²) in [6, 6.07) is 13.6. The number of aryl methyl sites for hydroxylation is 1. The number of hydrogen-bond acceptors (Lipinski definition) is 3. The second-order valence-corrected chi connectivity index (χ2v) is 8.06. The fourth-order valence-electron chi connectivity index (χ4n) is 3.14. The molecule has 0 spiro atoms. The topological polar surface area (TPSA) is 49.4 Å². The summed E-state index contributed by atoms with van der Waals surface area (Å²) < 4.78 is 0. The van der Waals surface area contributed by atoms with E-state index in [1.807, 2.05) is 54.3 Å². The molecule has 0 aromatic heterocycles. The van der Waals surface area contributed by atoms with E-state index < -0.39 is 0 Å². The van der Waals surface area contributed by atoms with Crippen LogP contribution in [0.15, 0.2) is 52.3 Å². The van der Waals surface area contributed by atoms with Gasteiger partial charge in [-0.3, -0.25) is 9.59 Å². The van der Waals surface area contributed by atoms with Crippen molar-refractivity contribution in [1.29, 1.82) is 0 Å². The second kappa shape index (κ2) is 9.11. The maximum absolute atomic E-state index is 12.8. The Balaban J connectivity index is 1.82. The van der Waals surface area contributed by atoms with Crippen LogP contribution in [-0.4, -0.2) is 29.8 Å². The van der Waals surface area contributed by atoms with E-state index in [0.29, 0.717) is 16.2 Å². The molecule has 0 fully saturated rings. The molecule has 0 unspecified atom stereocenters. The minimum Gasteiger partial charge on any atom is -0.339 e. The summed E-state index contributed by atoms with van der Waals surface area (Å²) in [6.45, 7) is 7.67. The zero-order chi connectivity index (χ0) is 20.1. The SMILES string of the molecule is CCCN(CCC)C(=O)c1ccc2c(c1)NC(=O)/C(=C\c1ccc(C)cc1)S2. The Morgan fingerprint density at radius 2 is 1.75 bits per heavy atom. The quantitative estimate of drug-likeness (QED) is 0.673. The number of anilines is 1. The molecule has 2 aromatic carbocycles. The predicted octanol–water partition coefficient (Wildman–Crippen LogP) is 5.34. The van der Waals surface area contributed by atoms with E-state index in [9.17, 15) is 9.59 Å². The Hall–Kier alpha value is -2.53. The van der Waals surface area contributed by atoms with Crippen LogP contribution in [0.25, 0.3) is 6.08 Å². The summed E-state index contributed by atoms with van der Waals surface area (Å²) in [5.74, 6) is -0.117. The lowest BCUT2D eigenvalue weighted by Gasteiger charge is -2.23. The van der Waals surface area contributed by atoms with E-state index in [0.717, 1.165) is 36.4 Å². The van der Waals surface area contributed by atoms with Gasteiger partial charge in [-0.05, 0) is 49.6 Å². The Labute approximate surface area is 171 Å². The number of amides is 2. The molecule has 0 saturated carbocycles. The largest absolute Gasteiger partial charge is 0.339 e. The van der Waals surface area contributed by atoms with Crippen molar-refractivity contribution in [3.05, 3.63) is 64.1 Å². The first kappa shape index (κ1) is 20.2. The molecule has 3 rings (SSSR count). The summed E-state index contributed by atoms with van der Waals surface area (Å²) >= 11 is 1.44. The molecule has 146 valence electrons. The molecule has 1 aliphatic rings. The number of nitrogens with one attached hydrogen (secondary N) is 1. The maximum atomic E-state index is 12.8. The van der Waals surface area contributed by atoms with Crippen molar-refractivity contribution in [3.8, 4) is 0 Å². The first-order valence-corrected chi connectivity index (χ1v) is 10.5. The van der Waals surface area contributed by atoms with Gasteiger partial charge in [-0.1, -0.05) is 55.4 Å². The van der Waals surface area contributed by atoms with Crippen LogP contribution in [0.4, 0.5) is 5.69 Å². The van der Waals surface area contributed by atoms with Gasteiger partial charge in [0, 0.05) is 23.5 Å². The minimum absolute atomic E-state index is 0.0201. The molecule has 0 aliphatic carbocycles. The van der Waals surface area contributed by atoms with E-state index in [1.165, 1.54) is 17.3 Å². The standard InChI is InChI=1S/C23H26N2O2S/c1-4-12-25(13-5-2)23(27)18-10-11-20-19(15-18)24-22(26)21(28-20)14-17-8-6-16(3)7-9-17/h6-11,14-15H,4-5,12-13H2,1-3H3,(H,24,26)/b21-14+. The number of rotatable bonds is 6. The molecule has 5 heteroatoms. The number of carbonyl (C=O) groups is 2. The van der Waals surface area contributed by atoms with Gasteiger partial charge in [0.1, 0.15) is 0 Å². The molecule has 2 amide bonds. The highest BCUT2D eigenvalue weighted by Crippen LogP contribution is 2.39. The van der Waals surface area contributed by atoms with Gasteiger partial charge in [0.2, 0.25) is 0 Å². The summed E-state index contributed by atoms with van der Waals surface area (Å²) in [5.41, 5.74) is 3.50.